The van der Waals surface area contributed by atoms with Gasteiger partial charge in [0.1, 0.15) is 0 Å². The van der Waals surface area contributed by atoms with Gasteiger partial charge >= 0.3 is 0 Å². The number of carbonyl (C=O) groups excluding carboxylic acids is 1. The molecule has 0 fully saturated rings. The minimum absolute atomic E-state index is 0. The fraction of sp³-hybridized carbons (Fsp3) is 0. The average Bonchev–Trinajstić information content (AvgIpc) is 2.35. The van der Waals surface area contributed by atoms with Gasteiger partial charge in [-0.3, -0.25) is 4.79 Å². The normalized spacial score (nSPS) is 8.33. The number of nitrogens with zero attached hydrogens (tertiary/aromatic N) is 1. The summed E-state index contributed by atoms with van der Waals surface area (Å²) < 4.78 is 0. The molecule has 4 N–H and O–H groups in total. The number of nitrogens with two attached hydrogens (primary N) is 2. The van der Waals surface area contributed by atoms with Gasteiger partial charge in [0, 0.05) is 0 Å². The zero-order valence-electron chi connectivity index (χ0n) is 6.06. The highest BCUT2D eigenvalue weighted by Crippen LogP contribution is 2.09. The Labute approximate surface area is 79.7 Å². The van der Waals surface area contributed by atoms with Crippen molar-refractivity contribution in [1.29, 1.82) is 0 Å². The molecule has 1 rings (SSSR count). The highest BCUT2D eigenvalue weighted by molar-refractivity contribution is 7.12. The van der Waals surface area contributed by atoms with Crippen molar-refractivity contribution in [2.24, 2.45) is 16.5 Å². The minimum atomic E-state index is -0.389. The van der Waals surface area contributed by atoms with Gasteiger partial charge in [-0.1, -0.05) is 6.07 Å². The molecule has 0 saturated carbocycles. The van der Waals surface area contributed by atoms with Crippen molar-refractivity contribution in [3.05, 3.63) is 22.4 Å². The molecule has 0 aliphatic carbocycles. The maximum Gasteiger partial charge on any atom is 0.290 e. The first-order valence-electron chi connectivity index (χ1n) is 2.87. The predicted octanol–water partition coefficient (Wildman–Crippen LogP) is 0.583. The lowest BCUT2D eigenvalue weighted by atomic mass is 10.4. The lowest BCUT2D eigenvalue weighted by Gasteiger charge is -1.88. The van der Waals surface area contributed by atoms with Crippen LogP contribution in [-0.4, -0.2) is 11.9 Å². The van der Waals surface area contributed by atoms with E-state index in [-0.39, 0.29) is 24.3 Å². The van der Waals surface area contributed by atoms with E-state index >= 15 is 0 Å². The van der Waals surface area contributed by atoms with Crippen LogP contribution < -0.4 is 11.5 Å². The Kier molecular flexibility index (Phi) is 4.31. The summed E-state index contributed by atoms with van der Waals surface area (Å²) in [5.41, 5.74) is 10.0. The summed E-state index contributed by atoms with van der Waals surface area (Å²) in [6.07, 6.45) is 0. The molecule has 0 aliphatic heterocycles. The molecule has 0 aromatic carbocycles. The average molecular weight is 206 g/mol. The van der Waals surface area contributed by atoms with Crippen LogP contribution in [0.15, 0.2) is 22.5 Å². The summed E-state index contributed by atoms with van der Waals surface area (Å²) in [6.45, 7) is 0. The van der Waals surface area contributed by atoms with Crippen LogP contribution in [-0.2, 0) is 0 Å². The molecule has 0 spiro atoms. The van der Waals surface area contributed by atoms with Crippen LogP contribution in [0.25, 0.3) is 0 Å². The van der Waals surface area contributed by atoms with Crippen molar-refractivity contribution in [1.82, 2.24) is 0 Å². The van der Waals surface area contributed by atoms with E-state index in [1.54, 1.807) is 17.5 Å². The third kappa shape index (κ3) is 2.89. The lowest BCUT2D eigenvalue weighted by Crippen LogP contribution is -2.24. The Bertz CT molecular complexity index is 279. The molecule has 0 radical (unpaired) electrons. The first kappa shape index (κ1) is 10.9. The smallest absolute Gasteiger partial charge is 0.290 e. The van der Waals surface area contributed by atoms with Crippen LogP contribution in [0.4, 0.5) is 0 Å². The number of aliphatic imine (C=N–C) groups is 1. The Morgan fingerprint density at radius 2 is 2.17 bits per heavy atom. The molecule has 0 saturated heterocycles. The van der Waals surface area contributed by atoms with Gasteiger partial charge in [0.05, 0.1) is 4.88 Å². The van der Waals surface area contributed by atoms with Crippen LogP contribution in [0.5, 0.6) is 0 Å². The van der Waals surface area contributed by atoms with Crippen LogP contribution in [0.2, 0.25) is 0 Å². The second-order valence-electron chi connectivity index (χ2n) is 1.82. The molecule has 66 valence electrons. The maximum atomic E-state index is 11.0. The minimum Gasteiger partial charge on any atom is -0.370 e. The molecule has 1 heterocycles. The summed E-state index contributed by atoms with van der Waals surface area (Å²) in [5, 5.41) is 1.79. The van der Waals surface area contributed by atoms with E-state index in [2.05, 4.69) is 4.99 Å². The highest BCUT2D eigenvalue weighted by Gasteiger charge is 2.03. The SMILES string of the molecule is Cl.NC(N)=NC(=O)c1cccs1. The van der Waals surface area contributed by atoms with E-state index in [1.807, 2.05) is 0 Å². The van der Waals surface area contributed by atoms with E-state index in [0.717, 1.165) is 0 Å². The van der Waals surface area contributed by atoms with Crippen molar-refractivity contribution in [2.75, 3.05) is 0 Å². The van der Waals surface area contributed by atoms with Crippen molar-refractivity contribution >= 4 is 35.6 Å². The van der Waals surface area contributed by atoms with Gasteiger partial charge in [0.25, 0.3) is 5.91 Å². The molecule has 0 bridgehead atoms. The van der Waals surface area contributed by atoms with Crippen LogP contribution in [0, 0.1) is 0 Å². The standard InChI is InChI=1S/C6H7N3OS.ClH/c7-6(8)9-5(10)4-2-1-3-11-4;/h1-3H,(H4,7,8,9,10);1H. The zero-order chi connectivity index (χ0) is 8.27. The molecule has 4 nitrogen and oxygen atoms in total. The fourth-order valence-electron chi connectivity index (χ4n) is 0.573. The molecule has 0 aliphatic rings. The molecule has 1 aromatic heterocycles. The molecule has 6 heteroatoms. The number of rotatable bonds is 1. The number of amides is 1. The molecular weight excluding hydrogens is 198 g/mol. The first-order chi connectivity index (χ1) is 5.20. The largest absolute Gasteiger partial charge is 0.370 e. The third-order valence-corrected chi connectivity index (χ3v) is 1.82. The first-order valence-corrected chi connectivity index (χ1v) is 3.75. The summed E-state index contributed by atoms with van der Waals surface area (Å²) >= 11 is 1.31. The Hall–Kier alpha value is -1.07. The van der Waals surface area contributed by atoms with Gasteiger partial charge in [-0.05, 0) is 11.4 Å². The van der Waals surface area contributed by atoms with Crippen LogP contribution >= 0.6 is 23.7 Å². The van der Waals surface area contributed by atoms with E-state index in [4.69, 9.17) is 11.5 Å². The fourth-order valence-corrected chi connectivity index (χ4v) is 1.18. The Morgan fingerprint density at radius 3 is 2.58 bits per heavy atom. The lowest BCUT2D eigenvalue weighted by molar-refractivity contribution is 0.101. The van der Waals surface area contributed by atoms with Gasteiger partial charge in [-0.2, -0.15) is 4.99 Å². The summed E-state index contributed by atoms with van der Waals surface area (Å²) in [6, 6.07) is 3.43. The second-order valence-corrected chi connectivity index (χ2v) is 2.77. The number of halogens is 1. The summed E-state index contributed by atoms with van der Waals surface area (Å²) in [5.74, 6) is -0.594. The molecule has 1 amide bonds. The van der Waals surface area contributed by atoms with Gasteiger partial charge < -0.3 is 11.5 Å². The maximum absolute atomic E-state index is 11.0. The topological polar surface area (TPSA) is 81.5 Å². The van der Waals surface area contributed by atoms with Crippen LogP contribution in [0.1, 0.15) is 9.67 Å². The number of hydrogen-bond acceptors (Lipinski definition) is 2. The number of hydrogen-bond donors (Lipinski definition) is 2. The second kappa shape index (κ2) is 4.74. The predicted molar refractivity (Wildman–Crippen MR) is 51.7 cm³/mol. The summed E-state index contributed by atoms with van der Waals surface area (Å²) in [4.78, 5) is 14.9. The van der Waals surface area contributed by atoms with Gasteiger partial charge in [0.15, 0.2) is 5.96 Å². The zero-order valence-corrected chi connectivity index (χ0v) is 7.69. The van der Waals surface area contributed by atoms with E-state index < -0.39 is 0 Å². The Morgan fingerprint density at radius 1 is 1.50 bits per heavy atom. The van der Waals surface area contributed by atoms with E-state index in [9.17, 15) is 4.79 Å². The molecule has 0 atom stereocenters. The van der Waals surface area contributed by atoms with Crippen molar-refractivity contribution in [2.45, 2.75) is 0 Å². The third-order valence-electron chi connectivity index (χ3n) is 0.963. The quantitative estimate of drug-likeness (QED) is 0.520. The van der Waals surface area contributed by atoms with Gasteiger partial charge in [-0.15, -0.1) is 23.7 Å². The Balaban J connectivity index is 0.00000121. The molecule has 12 heavy (non-hydrogen) atoms. The van der Waals surface area contributed by atoms with E-state index in [0.29, 0.717) is 4.88 Å². The van der Waals surface area contributed by atoms with Crippen molar-refractivity contribution < 1.29 is 4.79 Å². The van der Waals surface area contributed by atoms with Crippen LogP contribution in [0.3, 0.4) is 0 Å². The van der Waals surface area contributed by atoms with Gasteiger partial charge in [-0.25, -0.2) is 0 Å². The van der Waals surface area contributed by atoms with Gasteiger partial charge in [0.2, 0.25) is 0 Å². The number of guanidine groups is 1. The monoisotopic (exact) mass is 205 g/mol. The molecule has 0 unspecified atom stereocenters. The molecule has 1 aromatic rings. The van der Waals surface area contributed by atoms with Crippen molar-refractivity contribution in [3.63, 3.8) is 0 Å². The number of thiophene rings is 1. The number of carbonyl (C=O) groups is 1. The highest BCUT2D eigenvalue weighted by atomic mass is 35.5. The van der Waals surface area contributed by atoms with Crippen molar-refractivity contribution in [3.8, 4) is 0 Å². The molecular formula is C6H8ClN3OS. The van der Waals surface area contributed by atoms with E-state index in [1.165, 1.54) is 11.3 Å². The summed E-state index contributed by atoms with van der Waals surface area (Å²) in [7, 11) is 0.